The highest BCUT2D eigenvalue weighted by atomic mass is 19.1. The predicted octanol–water partition coefficient (Wildman–Crippen LogP) is 1.95. The molecule has 0 aliphatic carbocycles. The van der Waals surface area contributed by atoms with Crippen molar-refractivity contribution in [2.75, 3.05) is 19.7 Å². The zero-order valence-electron chi connectivity index (χ0n) is 14.1. The highest BCUT2D eigenvalue weighted by molar-refractivity contribution is 5.78. The van der Waals surface area contributed by atoms with Crippen molar-refractivity contribution in [3.05, 3.63) is 35.6 Å². The highest BCUT2D eigenvalue weighted by Gasteiger charge is 2.32. The lowest BCUT2D eigenvalue weighted by atomic mass is 9.96. The number of nitrogens with zero attached hydrogens (tertiary/aromatic N) is 1. The number of likely N-dealkylation sites (tertiary alicyclic amines) is 1. The molecule has 0 aromatic heterocycles. The summed E-state index contributed by atoms with van der Waals surface area (Å²) >= 11 is 0. The molecule has 2 saturated heterocycles. The number of amides is 3. The molecule has 0 spiro atoms. The summed E-state index contributed by atoms with van der Waals surface area (Å²) < 4.78 is 19.0. The molecule has 3 amide bonds. The molecular weight excluding hydrogens is 325 g/mol. The number of benzene rings is 1. The first kappa shape index (κ1) is 17.7. The quantitative estimate of drug-likeness (QED) is 0.871. The summed E-state index contributed by atoms with van der Waals surface area (Å²) in [5.74, 6) is -0.770. The number of piperidine rings is 1. The Bertz CT molecular complexity index is 608. The Morgan fingerprint density at radius 2 is 1.88 bits per heavy atom. The van der Waals surface area contributed by atoms with E-state index in [4.69, 9.17) is 10.5 Å². The molecule has 2 heterocycles. The molecule has 2 aliphatic heterocycles. The second-order valence-corrected chi connectivity index (χ2v) is 6.69. The second-order valence-electron chi connectivity index (χ2n) is 6.69. The van der Waals surface area contributed by atoms with Gasteiger partial charge in [0.15, 0.2) is 0 Å². The number of rotatable bonds is 4. The van der Waals surface area contributed by atoms with Crippen molar-refractivity contribution in [3.63, 3.8) is 0 Å². The summed E-state index contributed by atoms with van der Waals surface area (Å²) in [5, 5.41) is 3.03. The van der Waals surface area contributed by atoms with Gasteiger partial charge in [-0.05, 0) is 43.4 Å². The zero-order valence-corrected chi connectivity index (χ0v) is 14.1. The number of halogens is 1. The highest BCUT2D eigenvalue weighted by Crippen LogP contribution is 2.28. The van der Waals surface area contributed by atoms with Gasteiger partial charge in [-0.2, -0.15) is 0 Å². The van der Waals surface area contributed by atoms with E-state index in [2.05, 4.69) is 5.32 Å². The molecule has 1 aromatic carbocycles. The predicted molar refractivity (Wildman–Crippen MR) is 90.1 cm³/mol. The maximum atomic E-state index is 13.2. The summed E-state index contributed by atoms with van der Waals surface area (Å²) in [6, 6.07) is 5.64. The van der Waals surface area contributed by atoms with Crippen molar-refractivity contribution in [1.29, 1.82) is 0 Å². The van der Waals surface area contributed by atoms with Crippen molar-refractivity contribution >= 4 is 11.9 Å². The maximum absolute atomic E-state index is 13.2. The van der Waals surface area contributed by atoms with E-state index in [1.165, 1.54) is 12.1 Å². The molecule has 7 heteroatoms. The molecule has 6 nitrogen and oxygen atoms in total. The lowest BCUT2D eigenvalue weighted by Gasteiger charge is -2.33. The molecule has 3 rings (SSSR count). The minimum atomic E-state index is -0.315. The monoisotopic (exact) mass is 349 g/mol. The Hall–Kier alpha value is -2.15. The SMILES string of the molecule is NC(=O)C1CCN(C(=O)N[C@H](c2ccc(F)cc2)[C@H]2CCCO2)CC1. The van der Waals surface area contributed by atoms with Crippen molar-refractivity contribution < 1.29 is 18.7 Å². The summed E-state index contributed by atoms with van der Waals surface area (Å²) in [6.07, 6.45) is 2.86. The van der Waals surface area contributed by atoms with Crippen LogP contribution in [0.2, 0.25) is 0 Å². The Balaban J connectivity index is 1.66. The minimum Gasteiger partial charge on any atom is -0.376 e. The number of hydrogen-bond donors (Lipinski definition) is 2. The van der Waals surface area contributed by atoms with Gasteiger partial charge in [-0.3, -0.25) is 4.79 Å². The zero-order chi connectivity index (χ0) is 17.8. The number of carbonyl (C=O) groups excluding carboxylic acids is 2. The van der Waals surface area contributed by atoms with E-state index in [9.17, 15) is 14.0 Å². The minimum absolute atomic E-state index is 0.113. The van der Waals surface area contributed by atoms with Crippen LogP contribution < -0.4 is 11.1 Å². The second kappa shape index (κ2) is 7.82. The Morgan fingerprint density at radius 3 is 2.44 bits per heavy atom. The summed E-state index contributed by atoms with van der Waals surface area (Å²) in [7, 11) is 0. The number of ether oxygens (including phenoxy) is 1. The Kier molecular flexibility index (Phi) is 5.53. The number of nitrogens with one attached hydrogen (secondary N) is 1. The lowest BCUT2D eigenvalue weighted by molar-refractivity contribution is -0.123. The van der Waals surface area contributed by atoms with Crippen LogP contribution in [0.5, 0.6) is 0 Å². The number of nitrogens with two attached hydrogens (primary N) is 1. The molecule has 0 saturated carbocycles. The van der Waals surface area contributed by atoms with Crippen LogP contribution in [0.3, 0.4) is 0 Å². The molecule has 0 bridgehead atoms. The van der Waals surface area contributed by atoms with Gasteiger partial charge in [-0.1, -0.05) is 12.1 Å². The first-order valence-corrected chi connectivity index (χ1v) is 8.76. The summed E-state index contributed by atoms with van der Waals surface area (Å²) in [4.78, 5) is 25.6. The third-order valence-electron chi connectivity index (χ3n) is 5.03. The van der Waals surface area contributed by atoms with Gasteiger partial charge in [0.05, 0.1) is 12.1 Å². The van der Waals surface area contributed by atoms with Crippen LogP contribution in [0.15, 0.2) is 24.3 Å². The van der Waals surface area contributed by atoms with Crippen molar-refractivity contribution in [2.45, 2.75) is 37.8 Å². The Morgan fingerprint density at radius 1 is 1.20 bits per heavy atom. The maximum Gasteiger partial charge on any atom is 0.317 e. The third-order valence-corrected chi connectivity index (χ3v) is 5.03. The van der Waals surface area contributed by atoms with Gasteiger partial charge in [0.2, 0.25) is 5.91 Å². The number of primary amides is 1. The number of hydrogen-bond acceptors (Lipinski definition) is 3. The van der Waals surface area contributed by atoms with Crippen LogP contribution in [0.25, 0.3) is 0 Å². The fraction of sp³-hybridized carbons (Fsp3) is 0.556. The van der Waals surface area contributed by atoms with E-state index in [1.807, 2.05) is 0 Å². The molecule has 25 heavy (non-hydrogen) atoms. The standard InChI is InChI=1S/C18H24FN3O3/c19-14-5-3-12(4-6-14)16(15-2-1-11-25-15)21-18(24)22-9-7-13(8-10-22)17(20)23/h3-6,13,15-16H,1-2,7-11H2,(H2,20,23)(H,21,24)/t15-,16-/m1/s1. The van der Waals surface area contributed by atoms with Crippen LogP contribution in [-0.4, -0.2) is 42.6 Å². The largest absolute Gasteiger partial charge is 0.376 e. The van der Waals surface area contributed by atoms with Crippen LogP contribution in [0.1, 0.15) is 37.3 Å². The van der Waals surface area contributed by atoms with Gasteiger partial charge >= 0.3 is 6.03 Å². The van der Waals surface area contributed by atoms with Crippen LogP contribution in [0, 0.1) is 11.7 Å². The van der Waals surface area contributed by atoms with Crippen LogP contribution >= 0.6 is 0 Å². The van der Waals surface area contributed by atoms with Crippen molar-refractivity contribution in [2.24, 2.45) is 11.7 Å². The molecule has 1 aromatic rings. The fourth-order valence-electron chi connectivity index (χ4n) is 3.52. The van der Waals surface area contributed by atoms with E-state index in [1.54, 1.807) is 17.0 Å². The van der Waals surface area contributed by atoms with E-state index in [-0.39, 0.29) is 35.8 Å². The first-order chi connectivity index (χ1) is 12.0. The molecule has 2 fully saturated rings. The van der Waals surface area contributed by atoms with E-state index < -0.39 is 0 Å². The summed E-state index contributed by atoms with van der Waals surface area (Å²) in [6.45, 7) is 1.67. The molecule has 136 valence electrons. The normalized spacial score (nSPS) is 22.6. The van der Waals surface area contributed by atoms with Gasteiger partial charge in [0, 0.05) is 25.6 Å². The number of carbonyl (C=O) groups is 2. The van der Waals surface area contributed by atoms with Crippen LogP contribution in [0.4, 0.5) is 9.18 Å². The smallest absolute Gasteiger partial charge is 0.317 e. The molecule has 3 N–H and O–H groups in total. The van der Waals surface area contributed by atoms with Gasteiger partial charge in [-0.15, -0.1) is 0 Å². The average molecular weight is 349 g/mol. The number of urea groups is 1. The van der Waals surface area contributed by atoms with E-state index >= 15 is 0 Å². The van der Waals surface area contributed by atoms with Crippen LogP contribution in [-0.2, 0) is 9.53 Å². The van der Waals surface area contributed by atoms with E-state index in [0.29, 0.717) is 32.5 Å². The van der Waals surface area contributed by atoms with Crippen molar-refractivity contribution in [1.82, 2.24) is 10.2 Å². The molecule has 0 unspecified atom stereocenters. The van der Waals surface area contributed by atoms with Gasteiger partial charge < -0.3 is 20.7 Å². The first-order valence-electron chi connectivity index (χ1n) is 8.76. The topological polar surface area (TPSA) is 84.7 Å². The van der Waals surface area contributed by atoms with Gasteiger partial charge in [0.25, 0.3) is 0 Å². The van der Waals surface area contributed by atoms with Crippen molar-refractivity contribution in [3.8, 4) is 0 Å². The molecule has 2 atom stereocenters. The molecule has 0 radical (unpaired) electrons. The van der Waals surface area contributed by atoms with Gasteiger partial charge in [0.1, 0.15) is 5.82 Å². The third kappa shape index (κ3) is 4.28. The van der Waals surface area contributed by atoms with Gasteiger partial charge in [-0.25, -0.2) is 9.18 Å². The molecule has 2 aliphatic rings. The van der Waals surface area contributed by atoms with E-state index in [0.717, 1.165) is 18.4 Å². The average Bonchev–Trinajstić information content (AvgIpc) is 3.15. The molecular formula is C18H24FN3O3. The Labute approximate surface area is 146 Å². The lowest BCUT2D eigenvalue weighted by Crippen LogP contribution is -2.48. The summed E-state index contributed by atoms with van der Waals surface area (Å²) in [5.41, 5.74) is 6.16. The fourth-order valence-corrected chi connectivity index (χ4v) is 3.52.